The Morgan fingerprint density at radius 1 is 0.846 bits per heavy atom. The maximum atomic E-state index is 6.13. The van der Waals surface area contributed by atoms with Crippen LogP contribution in [-0.2, 0) is 6.42 Å². The van der Waals surface area contributed by atoms with E-state index in [2.05, 4.69) is 82.9 Å². The predicted octanol–water partition coefficient (Wildman–Crippen LogP) is -11.5. The monoisotopic (exact) mass is 339 g/mol. The van der Waals surface area contributed by atoms with Crippen LogP contribution in [0.4, 0.5) is 0 Å². The van der Waals surface area contributed by atoms with E-state index in [0.29, 0.717) is 0 Å². The molecule has 1 aromatic carbocycles. The highest BCUT2D eigenvalue weighted by Crippen LogP contribution is 2.34. The molecule has 0 radical (unpaired) electrons. The van der Waals surface area contributed by atoms with Gasteiger partial charge in [0.1, 0.15) is 47.1 Å². The summed E-state index contributed by atoms with van der Waals surface area (Å²) in [6.45, 7) is 2.29. The first-order valence-corrected chi connectivity index (χ1v) is 9.77. The first-order chi connectivity index (χ1) is 11.5. The molecule has 0 fully saturated rings. The lowest BCUT2D eigenvalue weighted by atomic mass is 9.26. The molecule has 1 unspecified atom stereocenters. The van der Waals surface area contributed by atoms with Gasteiger partial charge >= 0.3 is 0 Å². The van der Waals surface area contributed by atoms with E-state index in [-0.39, 0.29) is 15.9 Å². The average molecular weight is 337 g/mol. The van der Waals surface area contributed by atoms with Gasteiger partial charge in [-0.3, -0.25) is 0 Å². The van der Waals surface area contributed by atoms with E-state index < -0.39 is 5.59 Å². The van der Waals surface area contributed by atoms with Crippen molar-refractivity contribution in [3.8, 4) is 11.5 Å². The average Bonchev–Trinajstić information content (AvgIpc) is 2.75. The van der Waals surface area contributed by atoms with Crippen molar-refractivity contribution in [2.45, 2.75) is 34.8 Å². The molecule has 0 amide bonds. The van der Waals surface area contributed by atoms with Gasteiger partial charge in [-0.2, -0.15) is 0 Å². The SMILES string of the molecule is Bc1c(B)c2c(c(B)c1CC(B)(C)NC(B)(B)C(B)(B)B)OC(B)(B)O2. The molecule has 1 atom stereocenters. The molecule has 0 spiro atoms. The van der Waals surface area contributed by atoms with E-state index >= 15 is 0 Å². The maximum Gasteiger partial charge on any atom is 0.197 e. The van der Waals surface area contributed by atoms with Crippen molar-refractivity contribution in [1.29, 1.82) is 0 Å². The van der Waals surface area contributed by atoms with E-state index in [1.807, 2.05) is 15.7 Å². The number of benzene rings is 1. The zero-order chi connectivity index (χ0) is 20.3. The fourth-order valence-corrected chi connectivity index (χ4v) is 3.70. The summed E-state index contributed by atoms with van der Waals surface area (Å²) >= 11 is 0. The van der Waals surface area contributed by atoms with Crippen LogP contribution < -0.4 is 31.2 Å². The van der Waals surface area contributed by atoms with Crippen LogP contribution in [0.2, 0.25) is 5.11 Å². The van der Waals surface area contributed by atoms with Crippen LogP contribution in [0.3, 0.4) is 0 Å². The molecule has 3 nitrogen and oxygen atoms in total. The minimum atomic E-state index is -0.592. The van der Waals surface area contributed by atoms with Crippen molar-refractivity contribution in [1.82, 2.24) is 5.32 Å². The van der Waals surface area contributed by atoms with Gasteiger partial charge < -0.3 is 14.8 Å². The van der Waals surface area contributed by atoms with Crippen LogP contribution in [0.15, 0.2) is 0 Å². The standard InChI is InChI=1S/C12H28B11NO2/c1-9(16,24-11(20,21)10(17,18)19)2-3-4(13)6(15)8-7(5(3)14)25-12(22,23)26-8/h24H,2,13-23H2,1H3. The van der Waals surface area contributed by atoms with Gasteiger partial charge in [0.05, 0.1) is 23.5 Å². The Morgan fingerprint density at radius 3 is 1.77 bits per heavy atom. The summed E-state index contributed by atoms with van der Waals surface area (Å²) in [4.78, 5) is 0. The second kappa shape index (κ2) is 6.53. The summed E-state index contributed by atoms with van der Waals surface area (Å²) in [5.41, 5.74) is 4.44. The lowest BCUT2D eigenvalue weighted by molar-refractivity contribution is 0.0844. The van der Waals surface area contributed by atoms with Crippen LogP contribution >= 0.6 is 0 Å². The van der Waals surface area contributed by atoms with E-state index in [0.717, 1.165) is 17.9 Å². The molecule has 1 aliphatic rings. The van der Waals surface area contributed by atoms with E-state index in [4.69, 9.17) is 9.47 Å². The van der Waals surface area contributed by atoms with Crippen molar-refractivity contribution in [2.75, 3.05) is 0 Å². The highest BCUT2D eigenvalue weighted by Gasteiger charge is 2.38. The number of nitrogens with one attached hydrogen (secondary N) is 1. The van der Waals surface area contributed by atoms with Crippen LogP contribution in [0.25, 0.3) is 0 Å². The molecule has 0 bridgehead atoms. The molecule has 1 aliphatic heterocycles. The van der Waals surface area contributed by atoms with Gasteiger partial charge in [-0.05, 0) is 22.8 Å². The third-order valence-corrected chi connectivity index (χ3v) is 6.20. The van der Waals surface area contributed by atoms with Crippen molar-refractivity contribution in [3.63, 3.8) is 0 Å². The second-order valence-electron chi connectivity index (χ2n) is 10.7. The van der Waals surface area contributed by atoms with Crippen LogP contribution in [0.1, 0.15) is 12.5 Å². The first-order valence-electron chi connectivity index (χ1n) is 9.77. The molecular weight excluding hydrogens is 309 g/mol. The van der Waals surface area contributed by atoms with Gasteiger partial charge in [0.25, 0.3) is 0 Å². The van der Waals surface area contributed by atoms with Crippen molar-refractivity contribution >= 4 is 103 Å². The minimum Gasteiger partial charge on any atom is -0.467 e. The molecule has 1 N–H and O–H groups in total. The first kappa shape index (κ1) is 21.8. The molecular formula is C12H28B11NO2. The fourth-order valence-electron chi connectivity index (χ4n) is 3.70. The Kier molecular flexibility index (Phi) is 5.47. The Morgan fingerprint density at radius 2 is 1.31 bits per heavy atom. The van der Waals surface area contributed by atoms with Crippen LogP contribution in [-0.4, -0.2) is 103 Å². The summed E-state index contributed by atoms with van der Waals surface area (Å²) in [7, 11) is 24.2. The summed E-state index contributed by atoms with van der Waals surface area (Å²) in [6.07, 6.45) is 0.947. The molecule has 126 valence electrons. The van der Waals surface area contributed by atoms with Gasteiger partial charge in [0, 0.05) is 0 Å². The lowest BCUT2D eigenvalue weighted by Crippen LogP contribution is -2.65. The molecule has 0 aliphatic carbocycles. The molecule has 26 heavy (non-hydrogen) atoms. The van der Waals surface area contributed by atoms with E-state index in [1.54, 1.807) is 0 Å². The van der Waals surface area contributed by atoms with Gasteiger partial charge in [-0.15, -0.1) is 5.11 Å². The zero-order valence-corrected chi connectivity index (χ0v) is 19.0. The van der Waals surface area contributed by atoms with Gasteiger partial charge in [0.2, 0.25) is 0 Å². The Labute approximate surface area is 169 Å². The lowest BCUT2D eigenvalue weighted by Gasteiger charge is -2.47. The van der Waals surface area contributed by atoms with Crippen molar-refractivity contribution in [3.05, 3.63) is 5.56 Å². The Hall–Kier alpha value is -0.506. The topological polar surface area (TPSA) is 30.5 Å². The number of rotatable bonds is 5. The highest BCUT2D eigenvalue weighted by molar-refractivity contribution is 6.67. The fraction of sp³-hybridized carbons (Fsp3) is 0.500. The molecule has 1 heterocycles. The third-order valence-electron chi connectivity index (χ3n) is 6.20. The van der Waals surface area contributed by atoms with Crippen LogP contribution in [0.5, 0.6) is 11.5 Å². The third kappa shape index (κ3) is 4.15. The van der Waals surface area contributed by atoms with Gasteiger partial charge in [-0.1, -0.05) is 23.3 Å². The normalized spacial score (nSPS) is 18.3. The number of fused-ring (bicyclic) bond motifs is 1. The van der Waals surface area contributed by atoms with Gasteiger partial charge in [-0.25, -0.2) is 0 Å². The van der Waals surface area contributed by atoms with Crippen molar-refractivity contribution < 1.29 is 9.47 Å². The molecule has 0 aromatic heterocycles. The number of hydrogen-bond acceptors (Lipinski definition) is 3. The predicted molar refractivity (Wildman–Crippen MR) is 144 cm³/mol. The zero-order valence-electron chi connectivity index (χ0n) is 19.0. The maximum absolute atomic E-state index is 6.13. The number of hydrogen-bond donors (Lipinski definition) is 1. The van der Waals surface area contributed by atoms with E-state index in [1.165, 1.54) is 22.0 Å². The molecule has 0 saturated heterocycles. The Balaban J connectivity index is 2.41. The number of ether oxygens (including phenoxy) is 2. The quantitative estimate of drug-likeness (QED) is 0.542. The molecule has 2 rings (SSSR count). The van der Waals surface area contributed by atoms with E-state index in [9.17, 15) is 0 Å². The smallest absolute Gasteiger partial charge is 0.197 e. The summed E-state index contributed by atoms with van der Waals surface area (Å²) in [5.74, 6) is 1.83. The van der Waals surface area contributed by atoms with Gasteiger partial charge in [0.15, 0.2) is 32.8 Å². The highest BCUT2D eigenvalue weighted by atomic mass is 16.7. The Bertz CT molecular complexity index is 729. The second-order valence-corrected chi connectivity index (χ2v) is 10.7. The summed E-state index contributed by atoms with van der Waals surface area (Å²) < 4.78 is 12.2. The van der Waals surface area contributed by atoms with Crippen LogP contribution in [0, 0.1) is 0 Å². The largest absolute Gasteiger partial charge is 0.467 e. The molecule has 0 saturated carbocycles. The summed E-state index contributed by atoms with van der Waals surface area (Å²) in [5, 5.41) is 4.10. The molecule has 14 heteroatoms. The van der Waals surface area contributed by atoms with Crippen molar-refractivity contribution in [2.24, 2.45) is 0 Å². The molecule has 1 aromatic rings. The summed E-state index contributed by atoms with van der Waals surface area (Å²) in [6, 6.07) is 0. The minimum absolute atomic E-state index is 0.0195.